The molecule has 0 atom stereocenters. The highest BCUT2D eigenvalue weighted by atomic mass is 79.9. The van der Waals surface area contributed by atoms with Gasteiger partial charge in [-0.05, 0) is 48.6 Å². The van der Waals surface area contributed by atoms with Crippen molar-refractivity contribution in [1.29, 1.82) is 0 Å². The van der Waals surface area contributed by atoms with Crippen LogP contribution in [0.3, 0.4) is 0 Å². The first-order valence-electron chi connectivity index (χ1n) is 6.41. The SMILES string of the molecule is Fc1cccc(Cl)c1Cc1n[nH]c(=S)n1-c1ccc(Br)cc1. The van der Waals surface area contributed by atoms with E-state index in [-0.39, 0.29) is 12.2 Å². The molecule has 7 heteroatoms. The topological polar surface area (TPSA) is 33.6 Å². The lowest BCUT2D eigenvalue weighted by Crippen LogP contribution is -2.04. The average Bonchev–Trinajstić information content (AvgIpc) is 2.85. The number of aromatic nitrogens is 3. The van der Waals surface area contributed by atoms with E-state index in [9.17, 15) is 4.39 Å². The van der Waals surface area contributed by atoms with Gasteiger partial charge < -0.3 is 0 Å². The van der Waals surface area contributed by atoms with Crippen LogP contribution in [0, 0.1) is 10.6 Å². The summed E-state index contributed by atoms with van der Waals surface area (Å²) >= 11 is 14.8. The first-order valence-corrected chi connectivity index (χ1v) is 7.99. The van der Waals surface area contributed by atoms with Gasteiger partial charge in [0.1, 0.15) is 11.6 Å². The number of benzene rings is 2. The van der Waals surface area contributed by atoms with E-state index in [1.54, 1.807) is 16.7 Å². The standard InChI is InChI=1S/C15H10BrClFN3S/c16-9-4-6-10(7-5-9)21-14(19-20-15(21)22)8-11-12(17)2-1-3-13(11)18/h1-7H,8H2,(H,20,22). The molecule has 3 aromatic rings. The maximum absolute atomic E-state index is 14.0. The van der Waals surface area contributed by atoms with Crippen molar-refractivity contribution in [3.63, 3.8) is 0 Å². The summed E-state index contributed by atoms with van der Waals surface area (Å²) in [6.07, 6.45) is 0.245. The molecule has 0 saturated heterocycles. The molecule has 22 heavy (non-hydrogen) atoms. The number of rotatable bonds is 3. The Morgan fingerprint density at radius 1 is 1.23 bits per heavy atom. The van der Waals surface area contributed by atoms with Gasteiger partial charge in [0.05, 0.1) is 0 Å². The molecule has 0 aliphatic rings. The van der Waals surface area contributed by atoms with Gasteiger partial charge in [0.2, 0.25) is 0 Å². The fourth-order valence-electron chi connectivity index (χ4n) is 2.16. The van der Waals surface area contributed by atoms with Crippen LogP contribution in [0.4, 0.5) is 4.39 Å². The minimum absolute atomic E-state index is 0.245. The number of hydrogen-bond donors (Lipinski definition) is 1. The molecule has 1 heterocycles. The van der Waals surface area contributed by atoms with Crippen LogP contribution in [0.15, 0.2) is 46.9 Å². The van der Waals surface area contributed by atoms with Gasteiger partial charge in [-0.15, -0.1) is 0 Å². The van der Waals surface area contributed by atoms with Crippen LogP contribution in [-0.4, -0.2) is 14.8 Å². The number of H-pyrrole nitrogens is 1. The minimum Gasteiger partial charge on any atom is -0.272 e. The molecule has 0 amide bonds. The number of nitrogens with zero attached hydrogens (tertiary/aromatic N) is 2. The maximum Gasteiger partial charge on any atom is 0.199 e. The average molecular weight is 399 g/mol. The van der Waals surface area contributed by atoms with Crippen molar-refractivity contribution in [3.05, 3.63) is 73.9 Å². The van der Waals surface area contributed by atoms with E-state index in [0.29, 0.717) is 21.2 Å². The Labute approximate surface area is 144 Å². The second-order valence-corrected chi connectivity index (χ2v) is 6.34. The van der Waals surface area contributed by atoms with Gasteiger partial charge in [0.15, 0.2) is 4.77 Å². The first kappa shape index (κ1) is 15.4. The Kier molecular flexibility index (Phi) is 4.42. The Balaban J connectivity index is 2.06. The summed E-state index contributed by atoms with van der Waals surface area (Å²) < 4.78 is 17.1. The van der Waals surface area contributed by atoms with Gasteiger partial charge in [-0.25, -0.2) is 4.39 Å². The van der Waals surface area contributed by atoms with E-state index >= 15 is 0 Å². The molecular weight excluding hydrogens is 389 g/mol. The Morgan fingerprint density at radius 3 is 2.64 bits per heavy atom. The normalized spacial score (nSPS) is 10.9. The van der Waals surface area contributed by atoms with E-state index < -0.39 is 0 Å². The molecule has 0 spiro atoms. The van der Waals surface area contributed by atoms with Crippen LogP contribution in [-0.2, 0) is 6.42 Å². The van der Waals surface area contributed by atoms with Crippen molar-refractivity contribution in [2.45, 2.75) is 6.42 Å². The maximum atomic E-state index is 14.0. The van der Waals surface area contributed by atoms with Crippen LogP contribution in [0.1, 0.15) is 11.4 Å². The third-order valence-electron chi connectivity index (χ3n) is 3.22. The van der Waals surface area contributed by atoms with Crippen LogP contribution < -0.4 is 0 Å². The molecule has 0 fully saturated rings. The molecule has 0 aliphatic heterocycles. The Morgan fingerprint density at radius 2 is 1.95 bits per heavy atom. The minimum atomic E-state index is -0.358. The second kappa shape index (κ2) is 6.32. The first-order chi connectivity index (χ1) is 10.6. The summed E-state index contributed by atoms with van der Waals surface area (Å²) in [5, 5.41) is 7.32. The quantitative estimate of drug-likeness (QED) is 0.625. The fourth-order valence-corrected chi connectivity index (χ4v) is 2.91. The molecular formula is C15H10BrClFN3S. The monoisotopic (exact) mass is 397 g/mol. The second-order valence-electron chi connectivity index (χ2n) is 4.63. The van der Waals surface area contributed by atoms with Crippen LogP contribution >= 0.6 is 39.7 Å². The third-order valence-corrected chi connectivity index (χ3v) is 4.38. The zero-order chi connectivity index (χ0) is 15.7. The van der Waals surface area contributed by atoms with Crippen LogP contribution in [0.5, 0.6) is 0 Å². The molecule has 0 unspecified atom stereocenters. The smallest absolute Gasteiger partial charge is 0.199 e. The van der Waals surface area contributed by atoms with Gasteiger partial charge in [-0.2, -0.15) is 5.10 Å². The molecule has 1 N–H and O–H groups in total. The molecule has 112 valence electrons. The molecule has 2 aromatic carbocycles. The highest BCUT2D eigenvalue weighted by Crippen LogP contribution is 2.23. The lowest BCUT2D eigenvalue weighted by molar-refractivity contribution is 0.611. The molecule has 0 radical (unpaired) electrons. The number of aromatic amines is 1. The van der Waals surface area contributed by atoms with Crippen molar-refractivity contribution in [1.82, 2.24) is 14.8 Å². The third kappa shape index (κ3) is 2.99. The van der Waals surface area contributed by atoms with Crippen molar-refractivity contribution < 1.29 is 4.39 Å². The van der Waals surface area contributed by atoms with E-state index in [2.05, 4.69) is 26.1 Å². The summed E-state index contributed by atoms with van der Waals surface area (Å²) in [5.41, 5.74) is 1.25. The van der Waals surface area contributed by atoms with Gasteiger partial charge in [-0.3, -0.25) is 9.67 Å². The van der Waals surface area contributed by atoms with E-state index in [0.717, 1.165) is 10.2 Å². The summed E-state index contributed by atoms with van der Waals surface area (Å²) in [7, 11) is 0. The molecule has 0 bridgehead atoms. The van der Waals surface area contributed by atoms with Gasteiger partial charge in [0, 0.05) is 27.2 Å². The van der Waals surface area contributed by atoms with Gasteiger partial charge in [0.25, 0.3) is 0 Å². The predicted octanol–water partition coefficient (Wildman–Crippen LogP) is 5.08. The molecule has 0 saturated carbocycles. The summed E-state index contributed by atoms with van der Waals surface area (Å²) in [6.45, 7) is 0. The predicted molar refractivity (Wildman–Crippen MR) is 90.7 cm³/mol. The van der Waals surface area contributed by atoms with Crippen molar-refractivity contribution in [2.75, 3.05) is 0 Å². The van der Waals surface area contributed by atoms with Crippen molar-refractivity contribution >= 4 is 39.7 Å². The largest absolute Gasteiger partial charge is 0.272 e. The van der Waals surface area contributed by atoms with Crippen molar-refractivity contribution in [3.8, 4) is 5.69 Å². The lowest BCUT2D eigenvalue weighted by Gasteiger charge is -2.09. The van der Waals surface area contributed by atoms with E-state index in [1.807, 2.05) is 24.3 Å². The van der Waals surface area contributed by atoms with Crippen LogP contribution in [0.25, 0.3) is 5.69 Å². The molecule has 1 aromatic heterocycles. The fraction of sp³-hybridized carbons (Fsp3) is 0.0667. The lowest BCUT2D eigenvalue weighted by atomic mass is 10.1. The number of nitrogens with one attached hydrogen (secondary N) is 1. The molecule has 3 nitrogen and oxygen atoms in total. The summed E-state index contributed by atoms with van der Waals surface area (Å²) in [4.78, 5) is 0. The zero-order valence-corrected chi connectivity index (χ0v) is 14.3. The van der Waals surface area contributed by atoms with Gasteiger partial charge >= 0.3 is 0 Å². The number of hydrogen-bond acceptors (Lipinski definition) is 2. The summed E-state index contributed by atoms with van der Waals surface area (Å²) in [6, 6.07) is 12.2. The van der Waals surface area contributed by atoms with E-state index in [1.165, 1.54) is 6.07 Å². The Hall–Kier alpha value is -1.50. The molecule has 3 rings (SSSR count). The summed E-state index contributed by atoms with van der Waals surface area (Å²) in [5.74, 6) is 0.239. The highest BCUT2D eigenvalue weighted by molar-refractivity contribution is 9.10. The van der Waals surface area contributed by atoms with Gasteiger partial charge in [-0.1, -0.05) is 33.6 Å². The highest BCUT2D eigenvalue weighted by Gasteiger charge is 2.14. The van der Waals surface area contributed by atoms with E-state index in [4.69, 9.17) is 23.8 Å². The Bertz CT molecular complexity index is 853. The molecule has 0 aliphatic carbocycles. The van der Waals surface area contributed by atoms with Crippen LogP contribution in [0.2, 0.25) is 5.02 Å². The number of halogens is 3. The van der Waals surface area contributed by atoms with Crippen molar-refractivity contribution in [2.24, 2.45) is 0 Å². The zero-order valence-electron chi connectivity index (χ0n) is 11.2.